The fraction of sp³-hybridized carbons (Fsp3) is 0.800. The van der Waals surface area contributed by atoms with Gasteiger partial charge in [-0.15, -0.1) is 0 Å². The molecule has 2 rings (SSSR count). The van der Waals surface area contributed by atoms with Gasteiger partial charge >= 0.3 is 5.69 Å². The summed E-state index contributed by atoms with van der Waals surface area (Å²) in [4.78, 5) is 27.0. The summed E-state index contributed by atoms with van der Waals surface area (Å²) in [6, 6.07) is 0.303. The lowest BCUT2D eigenvalue weighted by molar-refractivity contribution is -0.122. The lowest BCUT2D eigenvalue weighted by atomic mass is 9.98. The molecule has 5 nitrogen and oxygen atoms in total. The van der Waals surface area contributed by atoms with Crippen LogP contribution in [0.2, 0.25) is 0 Å². The van der Waals surface area contributed by atoms with Gasteiger partial charge in [-0.2, -0.15) is 0 Å². The van der Waals surface area contributed by atoms with Crippen molar-refractivity contribution in [2.45, 2.75) is 103 Å². The number of aromatic nitrogens is 2. The minimum Gasteiger partial charge on any atom is -0.353 e. The number of amides is 1. The summed E-state index contributed by atoms with van der Waals surface area (Å²) < 4.78 is 1.66. The maximum atomic E-state index is 12.4. The number of carbonyl (C=O) groups is 1. The number of nitrogens with one attached hydrogen (secondary N) is 2. The minimum absolute atomic E-state index is 0.0715. The van der Waals surface area contributed by atoms with Crippen LogP contribution < -0.4 is 11.0 Å². The molecular formula is C20H35N3O2. The molecule has 5 heteroatoms. The van der Waals surface area contributed by atoms with E-state index in [1.807, 2.05) is 13.8 Å². The van der Waals surface area contributed by atoms with E-state index in [1.165, 1.54) is 57.8 Å². The third kappa shape index (κ3) is 6.71. The molecular weight excluding hydrogens is 314 g/mol. The molecule has 25 heavy (non-hydrogen) atoms. The Bertz CT molecular complexity index is 576. The normalized spacial score (nSPS) is 18.3. The summed E-state index contributed by atoms with van der Waals surface area (Å²) in [6.45, 7) is 4.25. The standard InChI is InChI=1S/C20H35N3O2/c1-16-17(2)23(20(25)21-16)15-14-19(24)22-18-12-10-8-6-4-3-5-7-9-11-13-18/h18H,3-15H2,1-2H3,(H,21,25)(H,22,24). The molecule has 0 atom stereocenters. The van der Waals surface area contributed by atoms with Gasteiger partial charge in [0.2, 0.25) is 5.91 Å². The van der Waals surface area contributed by atoms with Crippen molar-refractivity contribution < 1.29 is 4.79 Å². The Morgan fingerprint density at radius 3 is 2.00 bits per heavy atom. The van der Waals surface area contributed by atoms with Crippen molar-refractivity contribution in [3.63, 3.8) is 0 Å². The predicted molar refractivity (Wildman–Crippen MR) is 102 cm³/mol. The zero-order valence-corrected chi connectivity index (χ0v) is 16.0. The highest BCUT2D eigenvalue weighted by Crippen LogP contribution is 2.17. The molecule has 1 fully saturated rings. The van der Waals surface area contributed by atoms with Crippen LogP contribution in [-0.2, 0) is 11.3 Å². The number of aromatic amines is 1. The van der Waals surface area contributed by atoms with Gasteiger partial charge in [-0.05, 0) is 26.7 Å². The highest BCUT2D eigenvalue weighted by Gasteiger charge is 2.14. The molecule has 0 spiro atoms. The van der Waals surface area contributed by atoms with Gasteiger partial charge in [0.05, 0.1) is 0 Å². The lowest BCUT2D eigenvalue weighted by Gasteiger charge is -2.19. The molecule has 2 N–H and O–H groups in total. The quantitative estimate of drug-likeness (QED) is 0.863. The van der Waals surface area contributed by atoms with E-state index in [1.54, 1.807) is 4.57 Å². The summed E-state index contributed by atoms with van der Waals surface area (Å²) in [5.74, 6) is 0.0715. The minimum atomic E-state index is -0.117. The van der Waals surface area contributed by atoms with Gasteiger partial charge in [-0.1, -0.05) is 57.8 Å². The first-order valence-corrected chi connectivity index (χ1v) is 10.1. The molecule has 1 aromatic rings. The Kier molecular flexibility index (Phi) is 8.29. The van der Waals surface area contributed by atoms with E-state index in [4.69, 9.17) is 0 Å². The van der Waals surface area contributed by atoms with Crippen molar-refractivity contribution in [1.29, 1.82) is 0 Å². The van der Waals surface area contributed by atoms with Crippen LogP contribution in [0.15, 0.2) is 4.79 Å². The second-order valence-corrected chi connectivity index (χ2v) is 7.57. The molecule has 1 aliphatic carbocycles. The van der Waals surface area contributed by atoms with Crippen LogP contribution in [0.3, 0.4) is 0 Å². The highest BCUT2D eigenvalue weighted by atomic mass is 16.2. The van der Waals surface area contributed by atoms with Gasteiger partial charge in [0, 0.05) is 30.4 Å². The molecule has 1 saturated carbocycles. The Labute approximate surface area is 151 Å². The second-order valence-electron chi connectivity index (χ2n) is 7.57. The fourth-order valence-electron chi connectivity index (χ4n) is 3.76. The largest absolute Gasteiger partial charge is 0.353 e. The first-order valence-electron chi connectivity index (χ1n) is 10.1. The molecule has 0 unspecified atom stereocenters. The Morgan fingerprint density at radius 1 is 1.00 bits per heavy atom. The molecule has 142 valence electrons. The van der Waals surface area contributed by atoms with Gasteiger partial charge in [0.1, 0.15) is 0 Å². The van der Waals surface area contributed by atoms with Crippen molar-refractivity contribution in [1.82, 2.24) is 14.9 Å². The van der Waals surface area contributed by atoms with E-state index in [2.05, 4.69) is 10.3 Å². The van der Waals surface area contributed by atoms with Crippen LogP contribution in [0.25, 0.3) is 0 Å². The number of aryl methyl sites for hydroxylation is 1. The smallest absolute Gasteiger partial charge is 0.325 e. The first-order chi connectivity index (χ1) is 12.1. The maximum absolute atomic E-state index is 12.4. The molecule has 0 aliphatic heterocycles. The molecule has 0 saturated heterocycles. The van der Waals surface area contributed by atoms with Crippen LogP contribution >= 0.6 is 0 Å². The van der Waals surface area contributed by atoms with Gasteiger partial charge in [0.25, 0.3) is 0 Å². The average Bonchev–Trinajstić information content (AvgIpc) is 2.80. The molecule has 1 aromatic heterocycles. The summed E-state index contributed by atoms with van der Waals surface area (Å²) >= 11 is 0. The predicted octanol–water partition coefficient (Wildman–Crippen LogP) is 3.97. The average molecular weight is 350 g/mol. The van der Waals surface area contributed by atoms with Crippen molar-refractivity contribution >= 4 is 5.91 Å². The number of rotatable bonds is 4. The zero-order valence-electron chi connectivity index (χ0n) is 16.0. The number of carbonyl (C=O) groups excluding carboxylic acids is 1. The lowest BCUT2D eigenvalue weighted by Crippen LogP contribution is -2.36. The highest BCUT2D eigenvalue weighted by molar-refractivity contribution is 5.76. The first kappa shape index (κ1) is 19.8. The number of nitrogens with zero attached hydrogens (tertiary/aromatic N) is 1. The molecule has 0 aromatic carbocycles. The van der Waals surface area contributed by atoms with Gasteiger partial charge in [-0.3, -0.25) is 9.36 Å². The van der Waals surface area contributed by atoms with E-state index < -0.39 is 0 Å². The van der Waals surface area contributed by atoms with E-state index in [-0.39, 0.29) is 11.6 Å². The van der Waals surface area contributed by atoms with Crippen molar-refractivity contribution in [2.75, 3.05) is 0 Å². The summed E-state index contributed by atoms with van der Waals surface area (Å²) in [7, 11) is 0. The fourth-order valence-corrected chi connectivity index (χ4v) is 3.76. The zero-order chi connectivity index (χ0) is 18.1. The van der Waals surface area contributed by atoms with E-state index in [9.17, 15) is 9.59 Å². The van der Waals surface area contributed by atoms with Gasteiger partial charge in [-0.25, -0.2) is 4.79 Å². The monoisotopic (exact) mass is 349 g/mol. The number of hydrogen-bond acceptors (Lipinski definition) is 2. The molecule has 0 bridgehead atoms. The Hall–Kier alpha value is -1.52. The van der Waals surface area contributed by atoms with Crippen molar-refractivity contribution in [3.8, 4) is 0 Å². The molecule has 1 heterocycles. The second kappa shape index (κ2) is 10.5. The SMILES string of the molecule is Cc1[nH]c(=O)n(CCC(=O)NC2CCCCCCCCCCC2)c1C. The van der Waals surface area contributed by atoms with Crippen LogP contribution in [0.5, 0.6) is 0 Å². The Balaban J connectivity index is 1.80. The van der Waals surface area contributed by atoms with E-state index in [0.29, 0.717) is 19.0 Å². The third-order valence-corrected chi connectivity index (χ3v) is 5.52. The van der Waals surface area contributed by atoms with E-state index in [0.717, 1.165) is 24.2 Å². The molecule has 1 aliphatic rings. The van der Waals surface area contributed by atoms with Crippen LogP contribution in [0.4, 0.5) is 0 Å². The van der Waals surface area contributed by atoms with Crippen LogP contribution in [0, 0.1) is 13.8 Å². The summed E-state index contributed by atoms with van der Waals surface area (Å²) in [5.41, 5.74) is 1.68. The third-order valence-electron chi connectivity index (χ3n) is 5.52. The number of H-pyrrole nitrogens is 1. The summed E-state index contributed by atoms with van der Waals surface area (Å²) in [5, 5.41) is 3.22. The van der Waals surface area contributed by atoms with Gasteiger partial charge in [0.15, 0.2) is 0 Å². The van der Waals surface area contributed by atoms with Gasteiger partial charge < -0.3 is 10.3 Å². The van der Waals surface area contributed by atoms with Crippen LogP contribution in [0.1, 0.15) is 88.4 Å². The number of imidazole rings is 1. The summed E-state index contributed by atoms with van der Waals surface area (Å²) in [6.07, 6.45) is 14.3. The van der Waals surface area contributed by atoms with Crippen LogP contribution in [-0.4, -0.2) is 21.5 Å². The van der Waals surface area contributed by atoms with Crippen molar-refractivity contribution in [2.24, 2.45) is 0 Å². The Morgan fingerprint density at radius 2 is 1.52 bits per heavy atom. The van der Waals surface area contributed by atoms with E-state index >= 15 is 0 Å². The topological polar surface area (TPSA) is 66.9 Å². The molecule has 1 amide bonds. The maximum Gasteiger partial charge on any atom is 0.325 e. The number of hydrogen-bond donors (Lipinski definition) is 2. The van der Waals surface area contributed by atoms with Crippen molar-refractivity contribution in [3.05, 3.63) is 21.9 Å². The molecule has 0 radical (unpaired) electrons.